The van der Waals surface area contributed by atoms with Crippen LogP contribution in [0.4, 0.5) is 13.2 Å². The molecule has 3 rings (SSSR count). The monoisotopic (exact) mass is 327 g/mol. The standard InChI is InChI=1S/C17H20F3NO2/c1-11-9-21(10-16(11,23)13-6-7-13)15(22)8-12-4-2-3-5-14(12)17(18,19)20/h2-5,11,13,23H,6-10H2,1H3/t11-,16+/m1/s1. The van der Waals surface area contributed by atoms with E-state index in [0.717, 1.165) is 18.9 Å². The van der Waals surface area contributed by atoms with Crippen molar-refractivity contribution in [1.29, 1.82) is 0 Å². The first-order valence-corrected chi connectivity index (χ1v) is 7.87. The van der Waals surface area contributed by atoms with Gasteiger partial charge in [0.2, 0.25) is 5.91 Å². The predicted molar refractivity (Wildman–Crippen MR) is 78.6 cm³/mol. The zero-order valence-corrected chi connectivity index (χ0v) is 12.9. The van der Waals surface area contributed by atoms with Crippen molar-refractivity contribution in [2.45, 2.75) is 38.0 Å². The average Bonchev–Trinajstić information content (AvgIpc) is 3.26. The summed E-state index contributed by atoms with van der Waals surface area (Å²) in [7, 11) is 0. The molecular weight excluding hydrogens is 307 g/mol. The van der Waals surface area contributed by atoms with E-state index in [1.807, 2.05) is 6.92 Å². The van der Waals surface area contributed by atoms with Gasteiger partial charge in [0.1, 0.15) is 0 Å². The van der Waals surface area contributed by atoms with Gasteiger partial charge in [-0.1, -0.05) is 25.1 Å². The fourth-order valence-electron chi connectivity index (χ4n) is 3.55. The van der Waals surface area contributed by atoms with E-state index in [4.69, 9.17) is 0 Å². The number of rotatable bonds is 3. The highest BCUT2D eigenvalue weighted by molar-refractivity contribution is 5.79. The lowest BCUT2D eigenvalue weighted by molar-refractivity contribution is -0.138. The number of hydrogen-bond acceptors (Lipinski definition) is 2. The maximum Gasteiger partial charge on any atom is 0.416 e. The molecule has 1 saturated carbocycles. The lowest BCUT2D eigenvalue weighted by atomic mass is 9.88. The molecule has 1 aromatic rings. The van der Waals surface area contributed by atoms with Gasteiger partial charge >= 0.3 is 6.18 Å². The number of amides is 1. The van der Waals surface area contributed by atoms with Gasteiger partial charge in [0, 0.05) is 19.0 Å². The first kappa shape index (κ1) is 16.3. The van der Waals surface area contributed by atoms with Crippen LogP contribution in [-0.2, 0) is 17.4 Å². The Morgan fingerprint density at radius 2 is 2.00 bits per heavy atom. The molecule has 23 heavy (non-hydrogen) atoms. The number of β-amino-alcohol motifs (C(OH)–C–C–N with tert-alkyl or cyclic N) is 1. The number of likely N-dealkylation sites (tertiary alicyclic amines) is 1. The molecule has 0 spiro atoms. The van der Waals surface area contributed by atoms with E-state index in [-0.39, 0.29) is 36.3 Å². The summed E-state index contributed by atoms with van der Waals surface area (Å²) in [6.45, 7) is 2.53. The number of halogens is 3. The molecule has 0 bridgehead atoms. The summed E-state index contributed by atoms with van der Waals surface area (Å²) in [5, 5.41) is 10.7. The van der Waals surface area contributed by atoms with Crippen molar-refractivity contribution in [3.8, 4) is 0 Å². The topological polar surface area (TPSA) is 40.5 Å². The molecule has 2 aliphatic rings. The lowest BCUT2D eigenvalue weighted by Gasteiger charge is -2.26. The van der Waals surface area contributed by atoms with Crippen molar-refractivity contribution in [3.05, 3.63) is 35.4 Å². The van der Waals surface area contributed by atoms with Gasteiger partial charge in [-0.15, -0.1) is 0 Å². The van der Waals surface area contributed by atoms with E-state index < -0.39 is 17.3 Å². The van der Waals surface area contributed by atoms with Crippen molar-refractivity contribution in [2.75, 3.05) is 13.1 Å². The Morgan fingerprint density at radius 3 is 2.61 bits per heavy atom. The summed E-state index contributed by atoms with van der Waals surface area (Å²) >= 11 is 0. The van der Waals surface area contributed by atoms with Crippen LogP contribution in [0.2, 0.25) is 0 Å². The van der Waals surface area contributed by atoms with Gasteiger partial charge in [-0.05, 0) is 30.4 Å². The van der Waals surface area contributed by atoms with Crippen LogP contribution in [0.5, 0.6) is 0 Å². The van der Waals surface area contributed by atoms with Gasteiger partial charge in [0.05, 0.1) is 17.6 Å². The Bertz CT molecular complexity index is 612. The Kier molecular flexibility index (Phi) is 3.91. The van der Waals surface area contributed by atoms with Crippen LogP contribution in [-0.4, -0.2) is 34.6 Å². The van der Waals surface area contributed by atoms with E-state index in [9.17, 15) is 23.1 Å². The van der Waals surface area contributed by atoms with Crippen molar-refractivity contribution in [1.82, 2.24) is 4.90 Å². The highest BCUT2D eigenvalue weighted by Gasteiger charge is 2.53. The number of alkyl halides is 3. The minimum Gasteiger partial charge on any atom is -0.387 e. The fraction of sp³-hybridized carbons (Fsp3) is 0.588. The molecule has 1 heterocycles. The van der Waals surface area contributed by atoms with E-state index in [1.165, 1.54) is 23.1 Å². The quantitative estimate of drug-likeness (QED) is 0.927. The van der Waals surface area contributed by atoms with Gasteiger partial charge in [0.15, 0.2) is 0 Å². The van der Waals surface area contributed by atoms with Crippen molar-refractivity contribution >= 4 is 5.91 Å². The van der Waals surface area contributed by atoms with Crippen LogP contribution in [0.15, 0.2) is 24.3 Å². The minimum absolute atomic E-state index is 0.0143. The second-order valence-electron chi connectivity index (χ2n) is 6.77. The SMILES string of the molecule is C[C@@H]1CN(C(=O)Cc2ccccc2C(F)(F)F)C[C@@]1(O)C1CC1. The number of carbonyl (C=O) groups excluding carboxylic acids is 1. The first-order valence-electron chi connectivity index (χ1n) is 7.87. The zero-order chi connectivity index (χ0) is 16.8. The maximum atomic E-state index is 13.0. The Balaban J connectivity index is 1.74. The van der Waals surface area contributed by atoms with E-state index in [1.54, 1.807) is 0 Å². The highest BCUT2D eigenvalue weighted by atomic mass is 19.4. The molecule has 1 amide bonds. The van der Waals surface area contributed by atoms with Crippen LogP contribution in [0.3, 0.4) is 0 Å². The first-order chi connectivity index (χ1) is 10.7. The molecular formula is C17H20F3NO2. The van der Waals surface area contributed by atoms with Crippen LogP contribution in [0, 0.1) is 11.8 Å². The Labute approximate surface area is 133 Å². The number of benzene rings is 1. The van der Waals surface area contributed by atoms with Crippen LogP contribution < -0.4 is 0 Å². The van der Waals surface area contributed by atoms with Crippen LogP contribution in [0.1, 0.15) is 30.9 Å². The lowest BCUT2D eigenvalue weighted by Crippen LogP contribution is -2.40. The minimum atomic E-state index is -4.47. The van der Waals surface area contributed by atoms with Crippen molar-refractivity contribution < 1.29 is 23.1 Å². The molecule has 0 radical (unpaired) electrons. The third-order valence-electron chi connectivity index (χ3n) is 5.09. The molecule has 3 nitrogen and oxygen atoms in total. The molecule has 2 fully saturated rings. The Hall–Kier alpha value is -1.56. The molecule has 1 aromatic carbocycles. The second kappa shape index (κ2) is 5.51. The Morgan fingerprint density at radius 1 is 1.35 bits per heavy atom. The van der Waals surface area contributed by atoms with E-state index >= 15 is 0 Å². The number of nitrogens with zero attached hydrogens (tertiary/aromatic N) is 1. The predicted octanol–water partition coefficient (Wildman–Crippen LogP) is 2.87. The van der Waals surface area contributed by atoms with E-state index in [2.05, 4.69) is 0 Å². The molecule has 1 aliphatic carbocycles. The smallest absolute Gasteiger partial charge is 0.387 e. The van der Waals surface area contributed by atoms with Gasteiger partial charge in [-0.2, -0.15) is 13.2 Å². The van der Waals surface area contributed by atoms with Crippen LogP contribution >= 0.6 is 0 Å². The van der Waals surface area contributed by atoms with Gasteiger partial charge in [-0.25, -0.2) is 0 Å². The highest BCUT2D eigenvalue weighted by Crippen LogP contribution is 2.47. The summed E-state index contributed by atoms with van der Waals surface area (Å²) < 4.78 is 39.0. The van der Waals surface area contributed by atoms with Crippen molar-refractivity contribution in [3.63, 3.8) is 0 Å². The molecule has 2 atom stereocenters. The summed E-state index contributed by atoms with van der Waals surface area (Å²) in [6, 6.07) is 5.16. The fourth-order valence-corrected chi connectivity index (χ4v) is 3.55. The zero-order valence-electron chi connectivity index (χ0n) is 12.9. The number of aliphatic hydroxyl groups is 1. The molecule has 0 unspecified atom stereocenters. The number of carbonyl (C=O) groups is 1. The summed E-state index contributed by atoms with van der Waals surface area (Å²) in [5.41, 5.74) is -1.66. The average molecular weight is 327 g/mol. The molecule has 126 valence electrons. The maximum absolute atomic E-state index is 13.0. The van der Waals surface area contributed by atoms with Crippen LogP contribution in [0.25, 0.3) is 0 Å². The van der Waals surface area contributed by atoms with Gasteiger partial charge < -0.3 is 10.0 Å². The third kappa shape index (κ3) is 3.09. The molecule has 1 aliphatic heterocycles. The number of hydrogen-bond donors (Lipinski definition) is 1. The summed E-state index contributed by atoms with van der Waals surface area (Å²) in [5.74, 6) is -0.181. The van der Waals surface area contributed by atoms with Gasteiger partial charge in [0.25, 0.3) is 0 Å². The van der Waals surface area contributed by atoms with Gasteiger partial charge in [-0.3, -0.25) is 4.79 Å². The second-order valence-corrected chi connectivity index (χ2v) is 6.77. The molecule has 6 heteroatoms. The van der Waals surface area contributed by atoms with Crippen molar-refractivity contribution in [2.24, 2.45) is 11.8 Å². The molecule has 1 N–H and O–H groups in total. The molecule has 0 aromatic heterocycles. The normalized spacial score (nSPS) is 28.2. The summed E-state index contributed by atoms with van der Waals surface area (Å²) in [6.07, 6.45) is -2.84. The molecule has 1 saturated heterocycles. The third-order valence-corrected chi connectivity index (χ3v) is 5.09. The summed E-state index contributed by atoms with van der Waals surface area (Å²) in [4.78, 5) is 13.9. The largest absolute Gasteiger partial charge is 0.416 e. The van der Waals surface area contributed by atoms with E-state index in [0.29, 0.717) is 6.54 Å².